The van der Waals surface area contributed by atoms with E-state index in [-0.39, 0.29) is 24.3 Å². The maximum absolute atomic E-state index is 13.1. The fraction of sp³-hybridized carbons (Fsp3) is 0.150. The molecule has 2 heterocycles. The van der Waals surface area contributed by atoms with Crippen LogP contribution in [0.3, 0.4) is 0 Å². The summed E-state index contributed by atoms with van der Waals surface area (Å²) in [6, 6.07) is 14.2. The van der Waals surface area contributed by atoms with E-state index in [1.165, 1.54) is 4.90 Å². The molecular weight excluding hydrogens is 330 g/mol. The minimum Gasteiger partial charge on any atom is -0.351 e. The van der Waals surface area contributed by atoms with Crippen LogP contribution in [-0.2, 0) is 4.79 Å². The molecule has 2 aromatic rings. The number of carbonyl (C=O) groups is 3. The van der Waals surface area contributed by atoms with Crippen LogP contribution in [0.1, 0.15) is 32.4 Å². The molecule has 2 aromatic carbocycles. The topological polar surface area (TPSA) is 69.7 Å². The number of anilines is 1. The van der Waals surface area contributed by atoms with E-state index in [2.05, 4.69) is 11.9 Å². The summed E-state index contributed by atoms with van der Waals surface area (Å²) < 4.78 is 0. The average Bonchev–Trinajstić information content (AvgIpc) is 2.96. The van der Waals surface area contributed by atoms with Gasteiger partial charge in [-0.1, -0.05) is 36.4 Å². The van der Waals surface area contributed by atoms with E-state index < -0.39 is 6.17 Å². The zero-order chi connectivity index (χ0) is 18.3. The van der Waals surface area contributed by atoms with Crippen molar-refractivity contribution in [1.82, 2.24) is 10.2 Å². The molecule has 0 aliphatic carbocycles. The van der Waals surface area contributed by atoms with E-state index in [1.807, 2.05) is 12.1 Å². The molecule has 6 nitrogen and oxygen atoms in total. The fourth-order valence-electron chi connectivity index (χ4n) is 3.53. The molecule has 6 heteroatoms. The van der Waals surface area contributed by atoms with E-state index in [0.29, 0.717) is 23.4 Å². The van der Waals surface area contributed by atoms with Crippen LogP contribution in [0, 0.1) is 0 Å². The summed E-state index contributed by atoms with van der Waals surface area (Å²) in [5, 5.41) is 2.68. The molecular formula is C20H17N3O3. The first-order chi connectivity index (χ1) is 12.6. The third-order valence-corrected chi connectivity index (χ3v) is 4.64. The highest BCUT2D eigenvalue weighted by Gasteiger charge is 2.47. The van der Waals surface area contributed by atoms with Crippen molar-refractivity contribution in [3.05, 3.63) is 77.9 Å². The van der Waals surface area contributed by atoms with Crippen molar-refractivity contribution in [2.75, 3.05) is 18.0 Å². The molecule has 1 N–H and O–H groups in total. The van der Waals surface area contributed by atoms with Crippen LogP contribution in [0.5, 0.6) is 0 Å². The number of nitrogens with zero attached hydrogens (tertiary/aromatic N) is 2. The normalized spacial score (nSPS) is 17.5. The van der Waals surface area contributed by atoms with Gasteiger partial charge in [-0.05, 0) is 18.2 Å². The summed E-state index contributed by atoms with van der Waals surface area (Å²) in [5.41, 5.74) is 2.28. The predicted molar refractivity (Wildman–Crippen MR) is 96.7 cm³/mol. The zero-order valence-corrected chi connectivity index (χ0v) is 14.0. The number of rotatable bonds is 4. The Bertz CT molecular complexity index is 937. The Labute approximate surface area is 150 Å². The van der Waals surface area contributed by atoms with Gasteiger partial charge in [-0.25, -0.2) is 0 Å². The lowest BCUT2D eigenvalue weighted by Gasteiger charge is -2.40. The van der Waals surface area contributed by atoms with Crippen molar-refractivity contribution >= 4 is 23.4 Å². The highest BCUT2D eigenvalue weighted by Crippen LogP contribution is 2.44. The molecule has 4 rings (SSSR count). The van der Waals surface area contributed by atoms with Crippen molar-refractivity contribution in [2.45, 2.75) is 6.17 Å². The molecule has 0 fully saturated rings. The second-order valence-corrected chi connectivity index (χ2v) is 6.18. The minimum absolute atomic E-state index is 0.135. The van der Waals surface area contributed by atoms with Crippen LogP contribution in [0.4, 0.5) is 5.69 Å². The molecule has 0 aromatic heterocycles. The molecule has 130 valence electrons. The lowest BCUT2D eigenvalue weighted by atomic mass is 10.0. The van der Waals surface area contributed by atoms with Crippen LogP contribution < -0.4 is 10.2 Å². The molecule has 3 amide bonds. The predicted octanol–water partition coefficient (Wildman–Crippen LogP) is 2.10. The van der Waals surface area contributed by atoms with Crippen molar-refractivity contribution in [3.8, 4) is 0 Å². The Balaban J connectivity index is 1.82. The largest absolute Gasteiger partial charge is 0.351 e. The lowest BCUT2D eigenvalue weighted by molar-refractivity contribution is -0.122. The van der Waals surface area contributed by atoms with Crippen LogP contribution in [-0.4, -0.2) is 35.7 Å². The second-order valence-electron chi connectivity index (χ2n) is 6.18. The number of hydrogen-bond acceptors (Lipinski definition) is 3. The summed E-state index contributed by atoms with van der Waals surface area (Å²) >= 11 is 0. The third-order valence-electron chi connectivity index (χ3n) is 4.64. The van der Waals surface area contributed by atoms with Gasteiger partial charge < -0.3 is 10.2 Å². The summed E-state index contributed by atoms with van der Waals surface area (Å²) in [5.74, 6) is -0.725. The van der Waals surface area contributed by atoms with Crippen molar-refractivity contribution in [1.29, 1.82) is 0 Å². The zero-order valence-electron chi connectivity index (χ0n) is 14.0. The Morgan fingerprint density at radius 2 is 1.73 bits per heavy atom. The first-order valence-electron chi connectivity index (χ1n) is 8.33. The number of nitrogens with one attached hydrogen (secondary N) is 1. The summed E-state index contributed by atoms with van der Waals surface area (Å²) in [7, 11) is 0. The molecule has 0 spiro atoms. The SMILES string of the molecule is C=CCNC(=O)CN1C(=O)c2ccccc2N2C(=O)c3ccccc3[C@@H]12. The van der Waals surface area contributed by atoms with Crippen LogP contribution >= 0.6 is 0 Å². The first-order valence-corrected chi connectivity index (χ1v) is 8.33. The second kappa shape index (κ2) is 6.15. The van der Waals surface area contributed by atoms with Crippen molar-refractivity contribution < 1.29 is 14.4 Å². The Hall–Kier alpha value is -3.41. The number of fused-ring (bicyclic) bond motifs is 5. The number of hydrogen-bond donors (Lipinski definition) is 1. The number of carbonyl (C=O) groups excluding carboxylic acids is 3. The fourth-order valence-corrected chi connectivity index (χ4v) is 3.53. The monoisotopic (exact) mass is 347 g/mol. The van der Waals surface area contributed by atoms with Gasteiger partial charge in [-0.2, -0.15) is 0 Å². The van der Waals surface area contributed by atoms with Gasteiger partial charge in [0.05, 0.1) is 11.3 Å². The molecule has 2 aliphatic rings. The van der Waals surface area contributed by atoms with E-state index in [1.54, 1.807) is 47.4 Å². The molecule has 0 radical (unpaired) electrons. The maximum atomic E-state index is 13.1. The lowest BCUT2D eigenvalue weighted by Crippen LogP contribution is -2.51. The smallest absolute Gasteiger partial charge is 0.260 e. The van der Waals surface area contributed by atoms with Gasteiger partial charge >= 0.3 is 0 Å². The van der Waals surface area contributed by atoms with E-state index in [0.717, 1.165) is 5.56 Å². The van der Waals surface area contributed by atoms with E-state index in [9.17, 15) is 14.4 Å². The van der Waals surface area contributed by atoms with E-state index in [4.69, 9.17) is 0 Å². The van der Waals surface area contributed by atoms with Gasteiger partial charge in [0, 0.05) is 17.7 Å². The summed E-state index contributed by atoms with van der Waals surface area (Å²) in [6.45, 7) is 3.75. The van der Waals surface area contributed by atoms with Crippen LogP contribution in [0.25, 0.3) is 0 Å². The Kier molecular flexibility index (Phi) is 3.80. The van der Waals surface area contributed by atoms with Gasteiger partial charge in [0.1, 0.15) is 12.7 Å². The molecule has 26 heavy (non-hydrogen) atoms. The molecule has 0 saturated carbocycles. The number of amides is 3. The van der Waals surface area contributed by atoms with Crippen LogP contribution in [0.2, 0.25) is 0 Å². The summed E-state index contributed by atoms with van der Waals surface area (Å²) in [6.07, 6.45) is 0.960. The molecule has 2 aliphatic heterocycles. The van der Waals surface area contributed by atoms with Gasteiger partial charge in [0.2, 0.25) is 5.91 Å². The summed E-state index contributed by atoms with van der Waals surface area (Å²) in [4.78, 5) is 41.4. The van der Waals surface area contributed by atoms with Crippen molar-refractivity contribution in [2.24, 2.45) is 0 Å². The van der Waals surface area contributed by atoms with Crippen LogP contribution in [0.15, 0.2) is 61.2 Å². The minimum atomic E-state index is -0.615. The molecule has 0 unspecified atom stereocenters. The standard InChI is InChI=1S/C20H17N3O3/c1-2-11-21-17(24)12-22-18-13-7-3-4-8-14(13)20(26)23(18)16-10-6-5-9-15(16)19(22)25/h2-10,18H,1,11-12H2,(H,21,24)/t18-/m0/s1. The number of benzene rings is 2. The molecule has 1 atom stereocenters. The highest BCUT2D eigenvalue weighted by molar-refractivity contribution is 6.17. The first kappa shape index (κ1) is 16.1. The number of para-hydroxylation sites is 1. The van der Waals surface area contributed by atoms with Gasteiger partial charge in [-0.3, -0.25) is 19.3 Å². The molecule has 0 bridgehead atoms. The van der Waals surface area contributed by atoms with Crippen molar-refractivity contribution in [3.63, 3.8) is 0 Å². The Morgan fingerprint density at radius 3 is 2.50 bits per heavy atom. The molecule has 0 saturated heterocycles. The third kappa shape index (κ3) is 2.30. The quantitative estimate of drug-likeness (QED) is 0.861. The maximum Gasteiger partial charge on any atom is 0.260 e. The van der Waals surface area contributed by atoms with Gasteiger partial charge in [0.25, 0.3) is 11.8 Å². The van der Waals surface area contributed by atoms with Gasteiger partial charge in [0.15, 0.2) is 0 Å². The average molecular weight is 347 g/mol. The Morgan fingerprint density at radius 1 is 1.04 bits per heavy atom. The van der Waals surface area contributed by atoms with E-state index >= 15 is 0 Å². The highest BCUT2D eigenvalue weighted by atomic mass is 16.2. The van der Waals surface area contributed by atoms with Gasteiger partial charge in [-0.15, -0.1) is 6.58 Å².